The molecule has 2 rings (SSSR count). The molecule has 0 radical (unpaired) electrons. The first-order valence-electron chi connectivity index (χ1n) is 12.6. The van der Waals surface area contributed by atoms with Crippen molar-refractivity contribution >= 4 is 11.9 Å². The summed E-state index contributed by atoms with van der Waals surface area (Å²) < 4.78 is 11.6. The van der Waals surface area contributed by atoms with Crippen LogP contribution in [0.5, 0.6) is 0 Å². The monoisotopic (exact) mass is 452 g/mol. The van der Waals surface area contributed by atoms with E-state index in [1.807, 2.05) is 0 Å². The van der Waals surface area contributed by atoms with Crippen LogP contribution in [0.2, 0.25) is 0 Å². The van der Waals surface area contributed by atoms with Crippen LogP contribution in [0.3, 0.4) is 0 Å². The number of nitrogens with one attached hydrogen (secondary N) is 2. The lowest BCUT2D eigenvalue weighted by atomic mass is 9.74. The lowest BCUT2D eigenvalue weighted by molar-refractivity contribution is -0.160. The average Bonchev–Trinajstić information content (AvgIpc) is 2.64. The Balaban J connectivity index is 1.84. The summed E-state index contributed by atoms with van der Waals surface area (Å²) in [6, 6.07) is 0.690. The zero-order valence-electron chi connectivity index (χ0n) is 21.9. The zero-order chi connectivity index (χ0) is 24.3. The van der Waals surface area contributed by atoms with Crippen LogP contribution in [-0.2, 0) is 19.1 Å². The molecule has 4 unspecified atom stereocenters. The van der Waals surface area contributed by atoms with Crippen LogP contribution in [0.15, 0.2) is 0 Å². The number of esters is 2. The molecular formula is C26H48N2O4. The Kier molecular flexibility index (Phi) is 9.20. The molecule has 6 nitrogen and oxygen atoms in total. The second kappa shape index (κ2) is 10.9. The van der Waals surface area contributed by atoms with Gasteiger partial charge in [0.05, 0.1) is 12.8 Å². The summed E-state index contributed by atoms with van der Waals surface area (Å²) in [7, 11) is 0. The summed E-state index contributed by atoms with van der Waals surface area (Å²) in [5, 5.41) is 7.42. The van der Waals surface area contributed by atoms with Crippen molar-refractivity contribution in [3.05, 3.63) is 0 Å². The number of hydrogen-bond donors (Lipinski definition) is 2. The second-order valence-corrected chi connectivity index (χ2v) is 12.1. The molecule has 0 aromatic rings. The third-order valence-corrected chi connectivity index (χ3v) is 7.49. The maximum absolute atomic E-state index is 12.5. The van der Waals surface area contributed by atoms with Gasteiger partial charge in [-0.15, -0.1) is 0 Å². The topological polar surface area (TPSA) is 76.7 Å². The standard InChI is InChI=1S/C26H48N2O4/c1-16(2)21-12-19(13-22(27-21)17(3)4)31-23(29)10-11-24(30)32-20-14-25(7,8)28-26(9,15-20)18(5)6/h16-22,27-28H,10-15H2,1-9H3. The SMILES string of the molecule is CC(C)C1CC(OC(=O)CCC(=O)OC2CC(C)(C)NC(C)(C(C)C)C2)CC(C(C)C)N1. The van der Waals surface area contributed by atoms with Crippen molar-refractivity contribution in [1.29, 1.82) is 0 Å². The molecule has 2 fully saturated rings. The van der Waals surface area contributed by atoms with Crippen LogP contribution in [0.1, 0.15) is 101 Å². The molecule has 6 heteroatoms. The van der Waals surface area contributed by atoms with E-state index in [0.29, 0.717) is 29.8 Å². The van der Waals surface area contributed by atoms with E-state index >= 15 is 0 Å². The highest BCUT2D eigenvalue weighted by Gasteiger charge is 2.43. The molecule has 2 saturated heterocycles. The van der Waals surface area contributed by atoms with Crippen molar-refractivity contribution in [2.75, 3.05) is 0 Å². The van der Waals surface area contributed by atoms with Gasteiger partial charge >= 0.3 is 11.9 Å². The maximum Gasteiger partial charge on any atom is 0.306 e. The number of piperidine rings is 2. The molecule has 2 heterocycles. The van der Waals surface area contributed by atoms with Gasteiger partial charge in [0, 0.05) is 48.8 Å². The predicted octanol–water partition coefficient (Wildman–Crippen LogP) is 4.60. The molecule has 0 aromatic carbocycles. The van der Waals surface area contributed by atoms with E-state index < -0.39 is 0 Å². The van der Waals surface area contributed by atoms with Gasteiger partial charge < -0.3 is 20.1 Å². The minimum atomic E-state index is -0.304. The van der Waals surface area contributed by atoms with Gasteiger partial charge in [-0.25, -0.2) is 0 Å². The molecule has 4 atom stereocenters. The fraction of sp³-hybridized carbons (Fsp3) is 0.923. The van der Waals surface area contributed by atoms with Crippen molar-refractivity contribution in [1.82, 2.24) is 10.6 Å². The van der Waals surface area contributed by atoms with Crippen LogP contribution in [-0.4, -0.2) is 47.3 Å². The summed E-state index contributed by atoms with van der Waals surface area (Å²) >= 11 is 0. The first-order valence-corrected chi connectivity index (χ1v) is 12.6. The molecule has 0 bridgehead atoms. The highest BCUT2D eigenvalue weighted by Crippen LogP contribution is 2.35. The lowest BCUT2D eigenvalue weighted by Crippen LogP contribution is -2.63. The van der Waals surface area contributed by atoms with Gasteiger partial charge in [0.15, 0.2) is 0 Å². The summed E-state index contributed by atoms with van der Waals surface area (Å²) in [6.07, 6.45) is 3.15. The fourth-order valence-corrected chi connectivity index (χ4v) is 5.25. The van der Waals surface area contributed by atoms with E-state index in [0.717, 1.165) is 25.7 Å². The Morgan fingerprint density at radius 1 is 0.812 bits per heavy atom. The number of carbonyl (C=O) groups excluding carboxylic acids is 2. The van der Waals surface area contributed by atoms with E-state index in [9.17, 15) is 9.59 Å². The predicted molar refractivity (Wildman–Crippen MR) is 128 cm³/mol. The third kappa shape index (κ3) is 7.72. The highest BCUT2D eigenvalue weighted by molar-refractivity contribution is 5.77. The minimum Gasteiger partial charge on any atom is -0.462 e. The molecule has 2 aliphatic rings. The second-order valence-electron chi connectivity index (χ2n) is 12.1. The van der Waals surface area contributed by atoms with Gasteiger partial charge in [-0.05, 0) is 38.5 Å². The lowest BCUT2D eigenvalue weighted by Gasteiger charge is -2.49. The average molecular weight is 453 g/mol. The summed E-state index contributed by atoms with van der Waals surface area (Å²) in [6.45, 7) is 19.7. The van der Waals surface area contributed by atoms with Crippen molar-refractivity contribution in [3.63, 3.8) is 0 Å². The number of hydrogen-bond acceptors (Lipinski definition) is 6. The molecular weight excluding hydrogens is 404 g/mol. The van der Waals surface area contributed by atoms with Gasteiger partial charge in [0.1, 0.15) is 12.2 Å². The van der Waals surface area contributed by atoms with Gasteiger partial charge in [-0.3, -0.25) is 9.59 Å². The molecule has 0 spiro atoms. The molecule has 0 aliphatic carbocycles. The first kappa shape index (κ1) is 27.1. The van der Waals surface area contributed by atoms with E-state index in [2.05, 4.69) is 72.9 Å². The summed E-state index contributed by atoms with van der Waals surface area (Å²) in [5.41, 5.74) is -0.184. The van der Waals surface area contributed by atoms with Crippen LogP contribution in [0, 0.1) is 17.8 Å². The molecule has 2 N–H and O–H groups in total. The van der Waals surface area contributed by atoms with E-state index in [1.54, 1.807) is 0 Å². The zero-order valence-corrected chi connectivity index (χ0v) is 21.9. The van der Waals surface area contributed by atoms with Crippen molar-refractivity contribution in [3.8, 4) is 0 Å². The van der Waals surface area contributed by atoms with Crippen LogP contribution in [0.25, 0.3) is 0 Å². The Morgan fingerprint density at radius 2 is 1.28 bits per heavy atom. The largest absolute Gasteiger partial charge is 0.462 e. The number of carbonyl (C=O) groups is 2. The van der Waals surface area contributed by atoms with E-state index in [1.165, 1.54) is 0 Å². The number of ether oxygens (including phenoxy) is 2. The molecule has 0 amide bonds. The normalized spacial score (nSPS) is 32.9. The number of rotatable bonds is 8. The molecule has 0 saturated carbocycles. The Hall–Kier alpha value is -1.14. The highest BCUT2D eigenvalue weighted by atomic mass is 16.6. The van der Waals surface area contributed by atoms with Gasteiger partial charge in [-0.1, -0.05) is 41.5 Å². The van der Waals surface area contributed by atoms with E-state index in [-0.39, 0.29) is 48.1 Å². The molecule has 186 valence electrons. The molecule has 2 aliphatic heterocycles. The fourth-order valence-electron chi connectivity index (χ4n) is 5.25. The quantitative estimate of drug-likeness (QED) is 0.524. The Morgan fingerprint density at radius 3 is 1.72 bits per heavy atom. The smallest absolute Gasteiger partial charge is 0.306 e. The third-order valence-electron chi connectivity index (χ3n) is 7.49. The summed E-state index contributed by atoms with van der Waals surface area (Å²) in [5.74, 6) is 0.794. The van der Waals surface area contributed by atoms with Crippen molar-refractivity contribution in [2.24, 2.45) is 17.8 Å². The maximum atomic E-state index is 12.5. The summed E-state index contributed by atoms with van der Waals surface area (Å²) in [4.78, 5) is 25.0. The Labute approximate surface area is 196 Å². The van der Waals surface area contributed by atoms with Gasteiger partial charge in [-0.2, -0.15) is 0 Å². The molecule has 32 heavy (non-hydrogen) atoms. The van der Waals surface area contributed by atoms with E-state index in [4.69, 9.17) is 9.47 Å². The first-order chi connectivity index (χ1) is 14.7. The minimum absolute atomic E-state index is 0.0772. The van der Waals surface area contributed by atoms with Gasteiger partial charge in [0.25, 0.3) is 0 Å². The Bertz CT molecular complexity index is 630. The van der Waals surface area contributed by atoms with Crippen LogP contribution < -0.4 is 10.6 Å². The van der Waals surface area contributed by atoms with Crippen LogP contribution in [0.4, 0.5) is 0 Å². The van der Waals surface area contributed by atoms with Crippen molar-refractivity contribution < 1.29 is 19.1 Å². The molecule has 0 aromatic heterocycles. The van der Waals surface area contributed by atoms with Crippen LogP contribution >= 0.6 is 0 Å². The van der Waals surface area contributed by atoms with Gasteiger partial charge in [0.2, 0.25) is 0 Å². The van der Waals surface area contributed by atoms with Crippen molar-refractivity contribution in [2.45, 2.75) is 136 Å².